The molecule has 0 fully saturated rings. The van der Waals surface area contributed by atoms with Gasteiger partial charge in [-0.3, -0.25) is 0 Å². The van der Waals surface area contributed by atoms with Gasteiger partial charge in [-0.2, -0.15) is 0 Å². The molecule has 0 aliphatic carbocycles. The van der Waals surface area contributed by atoms with E-state index in [0.717, 1.165) is 22.3 Å². The number of rotatable bonds is 22. The van der Waals surface area contributed by atoms with Crippen molar-refractivity contribution in [3.05, 3.63) is 168 Å². The summed E-state index contributed by atoms with van der Waals surface area (Å²) >= 11 is 0. The zero-order chi connectivity index (χ0) is 40.6. The van der Waals surface area contributed by atoms with Crippen LogP contribution in [0.3, 0.4) is 0 Å². The third kappa shape index (κ3) is 16.1. The Morgan fingerprint density at radius 3 is 0.825 bits per heavy atom. The van der Waals surface area contributed by atoms with Gasteiger partial charge < -0.3 is 23.7 Å². The van der Waals surface area contributed by atoms with Gasteiger partial charge in [-0.25, -0.2) is 19.2 Å². The standard InChI is InChI=1S/C48H50O9/c1-3-47(35-54-43(49)29-25-39-17-9-5-10-18-39,36-55-44(50)30-26-40-19-11-6-12-20-40)33-53-34-48(4-2,37-56-45(51)31-27-41-21-13-7-14-22-41)38-57-46(52)32-28-42-23-15-8-16-24-42/h5-32H,3-4,33-38H2,1-2H3/b29-25+,30-26+,31-27+,32-28+. The van der Waals surface area contributed by atoms with Gasteiger partial charge in [-0.15, -0.1) is 0 Å². The Balaban J connectivity index is 1.48. The molecule has 0 aliphatic rings. The van der Waals surface area contributed by atoms with Crippen LogP contribution in [0, 0.1) is 10.8 Å². The minimum atomic E-state index is -0.948. The molecule has 0 unspecified atom stereocenters. The second kappa shape index (κ2) is 23.6. The van der Waals surface area contributed by atoms with Crippen LogP contribution in [0.1, 0.15) is 48.9 Å². The van der Waals surface area contributed by atoms with Crippen molar-refractivity contribution < 1.29 is 42.9 Å². The lowest BCUT2D eigenvalue weighted by molar-refractivity contribution is -0.157. The van der Waals surface area contributed by atoms with E-state index in [9.17, 15) is 19.2 Å². The minimum absolute atomic E-state index is 0.000319. The van der Waals surface area contributed by atoms with E-state index in [0.29, 0.717) is 12.8 Å². The van der Waals surface area contributed by atoms with Gasteiger partial charge in [0.25, 0.3) is 0 Å². The lowest BCUT2D eigenvalue weighted by atomic mass is 9.86. The first-order valence-electron chi connectivity index (χ1n) is 18.9. The highest BCUT2D eigenvalue weighted by molar-refractivity contribution is 5.88. The van der Waals surface area contributed by atoms with Gasteiger partial charge in [-0.05, 0) is 59.4 Å². The molecule has 0 saturated carbocycles. The Morgan fingerprint density at radius 2 is 0.614 bits per heavy atom. The second-order valence-electron chi connectivity index (χ2n) is 13.6. The summed E-state index contributed by atoms with van der Waals surface area (Å²) in [6.45, 7) is 3.31. The molecule has 4 rings (SSSR count). The predicted molar refractivity (Wildman–Crippen MR) is 222 cm³/mol. The Labute approximate surface area is 335 Å². The lowest BCUT2D eigenvalue weighted by Gasteiger charge is -2.35. The van der Waals surface area contributed by atoms with Crippen LogP contribution in [0.15, 0.2) is 146 Å². The normalized spacial score (nSPS) is 12.0. The first-order valence-corrected chi connectivity index (χ1v) is 18.9. The van der Waals surface area contributed by atoms with Gasteiger partial charge in [0.05, 0.1) is 24.0 Å². The van der Waals surface area contributed by atoms with Crippen molar-refractivity contribution in [1.29, 1.82) is 0 Å². The molecule has 0 amide bonds. The molecular formula is C48H50O9. The zero-order valence-electron chi connectivity index (χ0n) is 32.5. The number of hydrogen-bond donors (Lipinski definition) is 0. The van der Waals surface area contributed by atoms with Crippen molar-refractivity contribution in [2.24, 2.45) is 10.8 Å². The second-order valence-corrected chi connectivity index (χ2v) is 13.6. The van der Waals surface area contributed by atoms with E-state index in [1.54, 1.807) is 24.3 Å². The zero-order valence-corrected chi connectivity index (χ0v) is 32.5. The number of ether oxygens (including phenoxy) is 5. The van der Waals surface area contributed by atoms with Crippen molar-refractivity contribution in [1.82, 2.24) is 0 Å². The van der Waals surface area contributed by atoms with Gasteiger partial charge in [-0.1, -0.05) is 135 Å². The summed E-state index contributed by atoms with van der Waals surface area (Å²) in [5.74, 6) is -2.27. The lowest BCUT2D eigenvalue weighted by Crippen LogP contribution is -2.42. The summed E-state index contributed by atoms with van der Waals surface area (Å²) in [6.07, 6.45) is 12.8. The van der Waals surface area contributed by atoms with Crippen molar-refractivity contribution in [3.8, 4) is 0 Å². The average molecular weight is 771 g/mol. The van der Waals surface area contributed by atoms with E-state index in [2.05, 4.69) is 0 Å². The quantitative estimate of drug-likeness (QED) is 0.0440. The molecule has 4 aromatic rings. The summed E-state index contributed by atoms with van der Waals surface area (Å²) in [5, 5.41) is 0. The number of esters is 4. The van der Waals surface area contributed by atoms with Gasteiger partial charge in [0.2, 0.25) is 0 Å². The van der Waals surface area contributed by atoms with Gasteiger partial charge >= 0.3 is 23.9 Å². The van der Waals surface area contributed by atoms with E-state index in [1.165, 1.54) is 24.3 Å². The number of carbonyl (C=O) groups is 4. The van der Waals surface area contributed by atoms with Crippen molar-refractivity contribution >= 4 is 48.2 Å². The SMILES string of the molecule is CCC(COCC(CC)(COC(=O)/C=C/c1ccccc1)COC(=O)/C=C/c1ccccc1)(COC(=O)/C=C/c1ccccc1)COC(=O)/C=C/c1ccccc1. The van der Waals surface area contributed by atoms with Crippen molar-refractivity contribution in [2.45, 2.75) is 26.7 Å². The summed E-state index contributed by atoms with van der Waals surface area (Å²) in [5.41, 5.74) is 1.44. The van der Waals surface area contributed by atoms with Crippen molar-refractivity contribution in [2.75, 3.05) is 39.6 Å². The number of benzene rings is 4. The van der Waals surface area contributed by atoms with Crippen molar-refractivity contribution in [3.63, 3.8) is 0 Å². The Kier molecular flexibility index (Phi) is 17.9. The highest BCUT2D eigenvalue weighted by Crippen LogP contribution is 2.29. The molecule has 57 heavy (non-hydrogen) atoms. The monoisotopic (exact) mass is 770 g/mol. The third-order valence-corrected chi connectivity index (χ3v) is 9.24. The van der Waals surface area contributed by atoms with E-state index in [4.69, 9.17) is 23.7 Å². The average Bonchev–Trinajstić information content (AvgIpc) is 3.26. The summed E-state index contributed by atoms with van der Waals surface area (Å²) < 4.78 is 29.2. The number of hydrogen-bond acceptors (Lipinski definition) is 9. The summed E-state index contributed by atoms with van der Waals surface area (Å²) in [4.78, 5) is 51.5. The molecule has 0 saturated heterocycles. The van der Waals surface area contributed by atoms with Crippen LogP contribution in [-0.2, 0) is 42.9 Å². The molecule has 9 nitrogen and oxygen atoms in total. The molecule has 9 heteroatoms. The van der Waals surface area contributed by atoms with Crippen LogP contribution in [0.25, 0.3) is 24.3 Å². The molecular weight excluding hydrogens is 721 g/mol. The molecule has 0 aliphatic heterocycles. The molecule has 0 bridgehead atoms. The summed E-state index contributed by atoms with van der Waals surface area (Å²) in [6, 6.07) is 37.4. The fourth-order valence-corrected chi connectivity index (χ4v) is 5.35. The maximum absolute atomic E-state index is 12.9. The smallest absolute Gasteiger partial charge is 0.330 e. The van der Waals surface area contributed by atoms with Crippen LogP contribution in [0.4, 0.5) is 0 Å². The first-order chi connectivity index (χ1) is 27.7. The molecule has 0 N–H and O–H groups in total. The molecule has 0 radical (unpaired) electrons. The fourth-order valence-electron chi connectivity index (χ4n) is 5.35. The first kappa shape index (κ1) is 43.4. The highest BCUT2D eigenvalue weighted by Gasteiger charge is 2.37. The Morgan fingerprint density at radius 1 is 0.386 bits per heavy atom. The van der Waals surface area contributed by atoms with Crippen LogP contribution in [0.5, 0.6) is 0 Å². The van der Waals surface area contributed by atoms with E-state index >= 15 is 0 Å². The third-order valence-electron chi connectivity index (χ3n) is 9.24. The largest absolute Gasteiger partial charge is 0.462 e. The summed E-state index contributed by atoms with van der Waals surface area (Å²) in [7, 11) is 0. The van der Waals surface area contributed by atoms with Crippen LogP contribution < -0.4 is 0 Å². The van der Waals surface area contributed by atoms with E-state index in [-0.39, 0.29) is 39.6 Å². The molecule has 4 aromatic carbocycles. The molecule has 0 spiro atoms. The minimum Gasteiger partial charge on any atom is -0.462 e. The molecule has 0 atom stereocenters. The van der Waals surface area contributed by atoms with Gasteiger partial charge in [0.1, 0.15) is 26.4 Å². The molecule has 0 heterocycles. The van der Waals surface area contributed by atoms with E-state index < -0.39 is 34.7 Å². The molecule has 296 valence electrons. The maximum atomic E-state index is 12.9. The highest BCUT2D eigenvalue weighted by atomic mass is 16.6. The molecule has 0 aromatic heterocycles. The van der Waals surface area contributed by atoms with Gasteiger partial charge in [0.15, 0.2) is 0 Å². The van der Waals surface area contributed by atoms with Crippen LogP contribution in [0.2, 0.25) is 0 Å². The number of carbonyl (C=O) groups excluding carboxylic acids is 4. The van der Waals surface area contributed by atoms with Crippen LogP contribution >= 0.6 is 0 Å². The van der Waals surface area contributed by atoms with Gasteiger partial charge in [0, 0.05) is 24.3 Å². The Hall–Kier alpha value is -6.32. The Bertz CT molecular complexity index is 1680. The van der Waals surface area contributed by atoms with E-state index in [1.807, 2.05) is 135 Å². The topological polar surface area (TPSA) is 114 Å². The predicted octanol–water partition coefficient (Wildman–Crippen LogP) is 8.82. The fraction of sp³-hybridized carbons (Fsp3) is 0.250. The maximum Gasteiger partial charge on any atom is 0.330 e. The van der Waals surface area contributed by atoms with Crippen LogP contribution in [-0.4, -0.2) is 63.5 Å².